The Labute approximate surface area is 130 Å². The number of nitrogens with one attached hydrogen (secondary N) is 1. The molecule has 0 atom stereocenters. The number of aromatic nitrogens is 2. The van der Waals surface area contributed by atoms with E-state index in [1.807, 2.05) is 0 Å². The van der Waals surface area contributed by atoms with E-state index in [-0.39, 0.29) is 0 Å². The number of nitrogens with zero attached hydrogens (tertiary/aromatic N) is 2. The molecule has 0 fully saturated rings. The number of fused-ring (bicyclic) bond motifs is 1. The first kappa shape index (κ1) is 13.8. The van der Waals surface area contributed by atoms with Crippen molar-refractivity contribution in [3.05, 3.63) is 38.1 Å². The molecule has 6 heteroatoms. The maximum absolute atomic E-state index is 6.01. The molecule has 1 N–H and O–H groups in total. The summed E-state index contributed by atoms with van der Waals surface area (Å²) in [6.45, 7) is 5.01. The van der Waals surface area contributed by atoms with Gasteiger partial charge in [-0.05, 0) is 43.1 Å². The lowest BCUT2D eigenvalue weighted by Crippen LogP contribution is -2.01. The molecule has 0 aromatic carbocycles. The molecule has 3 aromatic rings. The fourth-order valence-corrected chi connectivity index (χ4v) is 4.02. The SMILES string of the molecule is CCc1cc2c(NCc3ccc(C)s3)nc(Cl)nc2s1. The van der Waals surface area contributed by atoms with Gasteiger partial charge in [0, 0.05) is 14.6 Å². The van der Waals surface area contributed by atoms with Gasteiger partial charge in [0.15, 0.2) is 0 Å². The van der Waals surface area contributed by atoms with E-state index >= 15 is 0 Å². The Morgan fingerprint density at radius 3 is 2.75 bits per heavy atom. The summed E-state index contributed by atoms with van der Waals surface area (Å²) in [6, 6.07) is 6.42. The summed E-state index contributed by atoms with van der Waals surface area (Å²) in [5.74, 6) is 0.821. The van der Waals surface area contributed by atoms with Crippen LogP contribution in [0.1, 0.15) is 21.6 Å². The zero-order valence-corrected chi connectivity index (χ0v) is 13.6. The van der Waals surface area contributed by atoms with Crippen molar-refractivity contribution >= 4 is 50.3 Å². The first-order chi connectivity index (χ1) is 9.65. The van der Waals surface area contributed by atoms with Crippen LogP contribution in [0, 0.1) is 6.92 Å². The van der Waals surface area contributed by atoms with Gasteiger partial charge in [0.25, 0.3) is 0 Å². The van der Waals surface area contributed by atoms with Gasteiger partial charge in [-0.1, -0.05) is 6.92 Å². The third kappa shape index (κ3) is 2.80. The van der Waals surface area contributed by atoms with E-state index in [4.69, 9.17) is 11.6 Å². The van der Waals surface area contributed by atoms with Crippen LogP contribution in [0.15, 0.2) is 18.2 Å². The number of hydrogen-bond donors (Lipinski definition) is 1. The molecule has 20 heavy (non-hydrogen) atoms. The van der Waals surface area contributed by atoms with Gasteiger partial charge in [0.1, 0.15) is 10.6 Å². The largest absolute Gasteiger partial charge is 0.364 e. The normalized spacial score (nSPS) is 11.2. The molecule has 0 saturated carbocycles. The molecule has 0 radical (unpaired) electrons. The number of halogens is 1. The van der Waals surface area contributed by atoms with Crippen LogP contribution in [0.3, 0.4) is 0 Å². The molecule has 3 rings (SSSR count). The highest BCUT2D eigenvalue weighted by atomic mass is 35.5. The van der Waals surface area contributed by atoms with Crippen molar-refractivity contribution in [2.75, 3.05) is 5.32 Å². The van der Waals surface area contributed by atoms with Crippen molar-refractivity contribution in [1.82, 2.24) is 9.97 Å². The molecular formula is C14H14ClN3S2. The third-order valence-corrected chi connectivity index (χ3v) is 5.33. The van der Waals surface area contributed by atoms with Crippen LogP contribution in [0.4, 0.5) is 5.82 Å². The standard InChI is InChI=1S/C14H14ClN3S2/c1-3-9-6-11-12(17-14(15)18-13(11)20-9)16-7-10-5-4-8(2)19-10/h4-6H,3,7H2,1-2H3,(H,16,17,18). The van der Waals surface area contributed by atoms with Gasteiger partial charge in [0.05, 0.1) is 11.9 Å². The summed E-state index contributed by atoms with van der Waals surface area (Å²) in [4.78, 5) is 13.5. The van der Waals surface area contributed by atoms with Crippen LogP contribution in [0.25, 0.3) is 10.2 Å². The highest BCUT2D eigenvalue weighted by Gasteiger charge is 2.10. The Balaban J connectivity index is 1.91. The maximum atomic E-state index is 6.01. The van der Waals surface area contributed by atoms with Crippen LogP contribution in [0.5, 0.6) is 0 Å². The predicted molar refractivity (Wildman–Crippen MR) is 88.2 cm³/mol. The van der Waals surface area contributed by atoms with Crippen LogP contribution in [0.2, 0.25) is 5.28 Å². The molecule has 0 bridgehead atoms. The van der Waals surface area contributed by atoms with Crippen LogP contribution in [-0.4, -0.2) is 9.97 Å². The second-order valence-corrected chi connectivity index (χ2v) is 7.32. The molecule has 104 valence electrons. The minimum atomic E-state index is 0.298. The minimum Gasteiger partial charge on any atom is -0.364 e. The molecule has 3 aromatic heterocycles. The molecule has 0 aliphatic carbocycles. The van der Waals surface area contributed by atoms with Crippen molar-refractivity contribution in [2.24, 2.45) is 0 Å². The third-order valence-electron chi connectivity index (χ3n) is 2.99. The Morgan fingerprint density at radius 1 is 1.20 bits per heavy atom. The van der Waals surface area contributed by atoms with Crippen molar-refractivity contribution in [3.63, 3.8) is 0 Å². The van der Waals surface area contributed by atoms with E-state index in [9.17, 15) is 0 Å². The van der Waals surface area contributed by atoms with Gasteiger partial charge in [-0.25, -0.2) is 9.97 Å². The number of aryl methyl sites for hydroxylation is 2. The molecule has 0 aliphatic rings. The second kappa shape index (κ2) is 5.68. The summed E-state index contributed by atoms with van der Waals surface area (Å²) in [6.07, 6.45) is 1.00. The van der Waals surface area contributed by atoms with Crippen molar-refractivity contribution in [2.45, 2.75) is 26.8 Å². The quantitative estimate of drug-likeness (QED) is 0.695. The summed E-state index contributed by atoms with van der Waals surface area (Å²) >= 11 is 9.48. The maximum Gasteiger partial charge on any atom is 0.225 e. The molecule has 0 unspecified atom stereocenters. The monoisotopic (exact) mass is 323 g/mol. The van der Waals surface area contributed by atoms with Crippen molar-refractivity contribution in [1.29, 1.82) is 0 Å². The Morgan fingerprint density at radius 2 is 2.05 bits per heavy atom. The predicted octanol–water partition coefficient (Wildman–Crippen LogP) is 4.89. The van der Waals surface area contributed by atoms with E-state index in [1.54, 1.807) is 22.7 Å². The number of rotatable bonds is 4. The van der Waals surface area contributed by atoms with Gasteiger partial charge in [0.2, 0.25) is 5.28 Å². The number of hydrogen-bond acceptors (Lipinski definition) is 5. The first-order valence-electron chi connectivity index (χ1n) is 6.41. The van der Waals surface area contributed by atoms with E-state index in [0.29, 0.717) is 5.28 Å². The average molecular weight is 324 g/mol. The van der Waals surface area contributed by atoms with Gasteiger partial charge in [-0.15, -0.1) is 22.7 Å². The van der Waals surface area contributed by atoms with Gasteiger partial charge in [-0.2, -0.15) is 0 Å². The zero-order valence-electron chi connectivity index (χ0n) is 11.2. The Kier molecular flexibility index (Phi) is 3.92. The van der Waals surface area contributed by atoms with E-state index in [0.717, 1.165) is 29.0 Å². The zero-order chi connectivity index (χ0) is 14.1. The summed E-state index contributed by atoms with van der Waals surface area (Å²) < 4.78 is 0. The van der Waals surface area contributed by atoms with Crippen molar-refractivity contribution in [3.8, 4) is 0 Å². The first-order valence-corrected chi connectivity index (χ1v) is 8.42. The fraction of sp³-hybridized carbons (Fsp3) is 0.286. The van der Waals surface area contributed by atoms with E-state index in [2.05, 4.69) is 47.3 Å². The Bertz CT molecular complexity index is 748. The van der Waals surface area contributed by atoms with Gasteiger partial charge < -0.3 is 5.32 Å². The number of anilines is 1. The molecule has 0 saturated heterocycles. The van der Waals surface area contributed by atoms with Crippen LogP contribution in [-0.2, 0) is 13.0 Å². The molecule has 0 aliphatic heterocycles. The molecule has 3 nitrogen and oxygen atoms in total. The molecule has 0 amide bonds. The van der Waals surface area contributed by atoms with Crippen molar-refractivity contribution < 1.29 is 0 Å². The highest BCUT2D eigenvalue weighted by Crippen LogP contribution is 2.30. The fourth-order valence-electron chi connectivity index (χ4n) is 2.01. The lowest BCUT2D eigenvalue weighted by atomic mass is 10.3. The summed E-state index contributed by atoms with van der Waals surface area (Å²) in [7, 11) is 0. The summed E-state index contributed by atoms with van der Waals surface area (Å²) in [5.41, 5.74) is 0. The second-order valence-electron chi connectivity index (χ2n) is 4.49. The van der Waals surface area contributed by atoms with Gasteiger partial charge >= 0.3 is 0 Å². The lowest BCUT2D eigenvalue weighted by molar-refractivity contribution is 1.13. The number of thiophene rings is 2. The van der Waals surface area contributed by atoms with Gasteiger partial charge in [-0.3, -0.25) is 0 Å². The molecule has 3 heterocycles. The van der Waals surface area contributed by atoms with E-state index in [1.165, 1.54) is 14.6 Å². The summed E-state index contributed by atoms with van der Waals surface area (Å²) in [5, 5.41) is 4.73. The smallest absolute Gasteiger partial charge is 0.225 e. The average Bonchev–Trinajstić information content (AvgIpc) is 3.01. The van der Waals surface area contributed by atoms with E-state index < -0.39 is 0 Å². The minimum absolute atomic E-state index is 0.298. The topological polar surface area (TPSA) is 37.8 Å². The van der Waals surface area contributed by atoms with Crippen LogP contribution >= 0.6 is 34.3 Å². The molecular weight excluding hydrogens is 310 g/mol. The lowest BCUT2D eigenvalue weighted by Gasteiger charge is -2.05. The Hall–Kier alpha value is -1.17. The highest BCUT2D eigenvalue weighted by molar-refractivity contribution is 7.18. The van der Waals surface area contributed by atoms with Crippen LogP contribution < -0.4 is 5.32 Å². The molecule has 0 spiro atoms.